The van der Waals surface area contributed by atoms with E-state index in [0.29, 0.717) is 5.92 Å². The zero-order valence-corrected chi connectivity index (χ0v) is 16.6. The maximum atomic E-state index is 12.2. The third-order valence-corrected chi connectivity index (χ3v) is 6.53. The van der Waals surface area contributed by atoms with Crippen molar-refractivity contribution in [3.63, 3.8) is 0 Å². The Bertz CT molecular complexity index is 862. The minimum Gasteiger partial charge on any atom is -0.335 e. The highest BCUT2D eigenvalue weighted by molar-refractivity contribution is 7.89. The quantitative estimate of drug-likeness (QED) is 0.749. The summed E-state index contributed by atoms with van der Waals surface area (Å²) in [6.45, 7) is 1.60. The first kappa shape index (κ1) is 21.1. The lowest BCUT2D eigenvalue weighted by molar-refractivity contribution is -0.120. The van der Waals surface area contributed by atoms with Gasteiger partial charge in [-0.15, -0.1) is 0 Å². The molecule has 1 heterocycles. The van der Waals surface area contributed by atoms with Gasteiger partial charge in [0.1, 0.15) is 6.54 Å². The zero-order chi connectivity index (χ0) is 20.2. The summed E-state index contributed by atoms with van der Waals surface area (Å²) in [5, 5.41) is 4.99. The van der Waals surface area contributed by atoms with Crippen molar-refractivity contribution in [3.8, 4) is 0 Å². The first-order chi connectivity index (χ1) is 12.6. The molecule has 10 heteroatoms. The number of amides is 3. The number of carbonyl (C=O) groups is 2. The summed E-state index contributed by atoms with van der Waals surface area (Å²) in [6.07, 6.45) is 5.16. The molecule has 3 amide bonds. The molecular formula is C17H26N4O5S. The molecule has 1 aromatic rings. The number of urea groups is 1. The second-order valence-electron chi connectivity index (χ2n) is 7.01. The second-order valence-corrected chi connectivity index (χ2v) is 9.16. The molecule has 2 rings (SSSR count). The Kier molecular flexibility index (Phi) is 6.77. The van der Waals surface area contributed by atoms with Crippen molar-refractivity contribution in [2.45, 2.75) is 50.1 Å². The molecule has 0 aliphatic heterocycles. The number of nitrogens with one attached hydrogen (secondary N) is 2. The first-order valence-electron chi connectivity index (χ1n) is 8.84. The molecule has 0 radical (unpaired) electrons. The molecule has 27 heavy (non-hydrogen) atoms. The fourth-order valence-electron chi connectivity index (χ4n) is 3.05. The summed E-state index contributed by atoms with van der Waals surface area (Å²) in [5.74, 6) is -0.354. The topological polar surface area (TPSA) is 118 Å². The number of hydrogen-bond donors (Lipinski definition) is 2. The standard InChI is InChI=1S/C17H26N4O5S/c1-12-6-4-5-7-14(12)18-17(24)19-15(22)11-21-10-13(8-9-16(21)23)27(25,26)20(2)3/h8-10,12,14H,4-7,11H2,1-3H3,(H2,18,19,22,24)/t12-,14-/m1/s1. The van der Waals surface area contributed by atoms with Gasteiger partial charge in [-0.1, -0.05) is 19.8 Å². The molecule has 0 saturated heterocycles. The van der Waals surface area contributed by atoms with E-state index in [0.717, 1.165) is 46.8 Å². The Morgan fingerprint density at radius 1 is 1.22 bits per heavy atom. The molecule has 1 fully saturated rings. The van der Waals surface area contributed by atoms with E-state index in [4.69, 9.17) is 0 Å². The van der Waals surface area contributed by atoms with Crippen molar-refractivity contribution in [2.75, 3.05) is 14.1 Å². The van der Waals surface area contributed by atoms with Crippen LogP contribution in [0.15, 0.2) is 28.0 Å². The van der Waals surface area contributed by atoms with Crippen molar-refractivity contribution >= 4 is 22.0 Å². The van der Waals surface area contributed by atoms with Crippen molar-refractivity contribution in [1.82, 2.24) is 19.5 Å². The summed E-state index contributed by atoms with van der Waals surface area (Å²) in [6, 6.07) is 1.67. The molecule has 9 nitrogen and oxygen atoms in total. The number of rotatable bonds is 5. The summed E-state index contributed by atoms with van der Waals surface area (Å²) < 4.78 is 26.3. The number of hydrogen-bond acceptors (Lipinski definition) is 5. The lowest BCUT2D eigenvalue weighted by Gasteiger charge is -2.29. The highest BCUT2D eigenvalue weighted by atomic mass is 32.2. The average molecular weight is 398 g/mol. The lowest BCUT2D eigenvalue weighted by Crippen LogP contribution is -2.48. The van der Waals surface area contributed by atoms with Crippen LogP contribution in [0.3, 0.4) is 0 Å². The Labute approximate surface area is 158 Å². The fourth-order valence-corrected chi connectivity index (χ4v) is 3.97. The number of carbonyl (C=O) groups excluding carboxylic acids is 2. The highest BCUT2D eigenvalue weighted by Gasteiger charge is 2.24. The van der Waals surface area contributed by atoms with Crippen LogP contribution in [-0.2, 0) is 21.4 Å². The molecule has 0 spiro atoms. The van der Waals surface area contributed by atoms with Crippen molar-refractivity contribution in [2.24, 2.45) is 5.92 Å². The molecule has 1 aliphatic rings. The van der Waals surface area contributed by atoms with Crippen LogP contribution < -0.4 is 16.2 Å². The number of aromatic nitrogens is 1. The van der Waals surface area contributed by atoms with Gasteiger partial charge in [-0.2, -0.15) is 0 Å². The van der Waals surface area contributed by atoms with Gasteiger partial charge in [0.05, 0.1) is 4.90 Å². The van der Waals surface area contributed by atoms with E-state index in [2.05, 4.69) is 17.6 Å². The summed E-state index contributed by atoms with van der Waals surface area (Å²) >= 11 is 0. The first-order valence-corrected chi connectivity index (χ1v) is 10.3. The Morgan fingerprint density at radius 2 is 1.89 bits per heavy atom. The Hall–Kier alpha value is -2.20. The van der Waals surface area contributed by atoms with E-state index in [1.165, 1.54) is 20.2 Å². The van der Waals surface area contributed by atoms with Crippen LogP contribution in [-0.4, -0.2) is 49.4 Å². The smallest absolute Gasteiger partial charge is 0.321 e. The minimum atomic E-state index is -3.74. The van der Waals surface area contributed by atoms with Crippen LogP contribution in [0, 0.1) is 5.92 Å². The molecule has 2 N–H and O–H groups in total. The van der Waals surface area contributed by atoms with E-state index in [-0.39, 0.29) is 10.9 Å². The lowest BCUT2D eigenvalue weighted by atomic mass is 9.86. The predicted molar refractivity (Wildman–Crippen MR) is 99.7 cm³/mol. The van der Waals surface area contributed by atoms with E-state index in [1.807, 2.05) is 0 Å². The van der Waals surface area contributed by atoms with Gasteiger partial charge in [0.15, 0.2) is 0 Å². The monoisotopic (exact) mass is 398 g/mol. The molecule has 1 saturated carbocycles. The maximum absolute atomic E-state index is 12.2. The van der Waals surface area contributed by atoms with Gasteiger partial charge in [-0.05, 0) is 24.8 Å². The van der Waals surface area contributed by atoms with E-state index in [1.54, 1.807) is 0 Å². The van der Waals surface area contributed by atoms with Crippen LogP contribution in [0.4, 0.5) is 4.79 Å². The number of sulfonamides is 1. The van der Waals surface area contributed by atoms with Crippen LogP contribution in [0.2, 0.25) is 0 Å². The van der Waals surface area contributed by atoms with E-state index < -0.39 is 34.1 Å². The molecular weight excluding hydrogens is 372 g/mol. The fraction of sp³-hybridized carbons (Fsp3) is 0.588. The number of pyridine rings is 1. The summed E-state index contributed by atoms with van der Waals surface area (Å²) in [7, 11) is -0.999. The molecule has 150 valence electrons. The molecule has 1 aliphatic carbocycles. The van der Waals surface area contributed by atoms with Gasteiger partial charge in [0.25, 0.3) is 5.56 Å². The highest BCUT2D eigenvalue weighted by Crippen LogP contribution is 2.23. The zero-order valence-electron chi connectivity index (χ0n) is 15.8. The van der Waals surface area contributed by atoms with Crippen LogP contribution in [0.25, 0.3) is 0 Å². The Balaban J connectivity index is 2.03. The third-order valence-electron chi connectivity index (χ3n) is 4.73. The second kappa shape index (κ2) is 8.66. The van der Waals surface area contributed by atoms with Gasteiger partial charge in [-0.3, -0.25) is 14.9 Å². The normalized spacial score (nSPS) is 20.3. The van der Waals surface area contributed by atoms with Crippen LogP contribution in [0.5, 0.6) is 0 Å². The van der Waals surface area contributed by atoms with Crippen molar-refractivity contribution in [1.29, 1.82) is 0 Å². The van der Waals surface area contributed by atoms with Gasteiger partial charge < -0.3 is 9.88 Å². The number of imide groups is 1. The summed E-state index contributed by atoms with van der Waals surface area (Å²) in [5.41, 5.74) is -0.538. The molecule has 0 unspecified atom stereocenters. The molecule has 0 aromatic carbocycles. The molecule has 1 aromatic heterocycles. The van der Waals surface area contributed by atoms with Gasteiger partial charge >= 0.3 is 6.03 Å². The van der Waals surface area contributed by atoms with Crippen LogP contribution in [0.1, 0.15) is 32.6 Å². The van der Waals surface area contributed by atoms with E-state index >= 15 is 0 Å². The van der Waals surface area contributed by atoms with Gasteiger partial charge in [0.2, 0.25) is 15.9 Å². The maximum Gasteiger partial charge on any atom is 0.321 e. The van der Waals surface area contributed by atoms with Crippen LogP contribution >= 0.6 is 0 Å². The molecule has 0 bridgehead atoms. The molecule has 2 atom stereocenters. The predicted octanol–water partition coefficient (Wildman–Crippen LogP) is 0.503. The van der Waals surface area contributed by atoms with E-state index in [9.17, 15) is 22.8 Å². The Morgan fingerprint density at radius 3 is 2.52 bits per heavy atom. The number of nitrogens with zero attached hydrogens (tertiary/aromatic N) is 2. The van der Waals surface area contributed by atoms with Gasteiger partial charge in [0, 0.05) is 32.4 Å². The minimum absolute atomic E-state index is 0.0165. The summed E-state index contributed by atoms with van der Waals surface area (Å²) in [4.78, 5) is 35.9. The van der Waals surface area contributed by atoms with Crippen molar-refractivity contribution in [3.05, 3.63) is 28.7 Å². The van der Waals surface area contributed by atoms with Gasteiger partial charge in [-0.25, -0.2) is 17.5 Å². The largest absolute Gasteiger partial charge is 0.335 e. The average Bonchev–Trinajstić information content (AvgIpc) is 2.58. The van der Waals surface area contributed by atoms with Crippen molar-refractivity contribution < 1.29 is 18.0 Å². The SMILES string of the molecule is C[C@@H]1CCCC[C@H]1NC(=O)NC(=O)Cn1cc(S(=O)(=O)N(C)C)ccc1=O. The third kappa shape index (κ3) is 5.39.